The molecule has 0 radical (unpaired) electrons. The van der Waals surface area contributed by atoms with Crippen molar-refractivity contribution in [1.29, 1.82) is 0 Å². The molecule has 2 rings (SSSR count). The highest BCUT2D eigenvalue weighted by atomic mass is 31.2. The van der Waals surface area contributed by atoms with E-state index < -0.39 is 31.5 Å². The highest BCUT2D eigenvalue weighted by Crippen LogP contribution is 2.38. The van der Waals surface area contributed by atoms with Crippen LogP contribution in [0.25, 0.3) is 11.2 Å². The van der Waals surface area contributed by atoms with Crippen LogP contribution in [-0.4, -0.2) is 55.0 Å². The Morgan fingerprint density at radius 1 is 1.43 bits per heavy atom. The van der Waals surface area contributed by atoms with Gasteiger partial charge in [0.25, 0.3) is 7.52 Å². The maximum absolute atomic E-state index is 12.4. The summed E-state index contributed by atoms with van der Waals surface area (Å²) >= 11 is 0. The molecule has 0 aromatic carbocycles. The van der Waals surface area contributed by atoms with E-state index in [0.717, 1.165) is 0 Å². The van der Waals surface area contributed by atoms with Crippen LogP contribution >= 0.6 is 7.52 Å². The quantitative estimate of drug-likeness (QED) is 0.382. The second-order valence-corrected chi connectivity index (χ2v) is 8.89. The van der Waals surface area contributed by atoms with Crippen molar-refractivity contribution in [3.63, 3.8) is 0 Å². The summed E-state index contributed by atoms with van der Waals surface area (Å²) in [4.78, 5) is 34.4. The molecule has 28 heavy (non-hydrogen) atoms. The second-order valence-electron chi connectivity index (χ2n) is 7.01. The van der Waals surface area contributed by atoms with Crippen LogP contribution < -0.4 is 10.8 Å². The molecule has 0 aliphatic heterocycles. The van der Waals surface area contributed by atoms with Crippen molar-refractivity contribution < 1.29 is 23.7 Å². The second kappa shape index (κ2) is 8.95. The topological polar surface area (TPSA) is 154 Å². The van der Waals surface area contributed by atoms with Gasteiger partial charge in [0.15, 0.2) is 11.5 Å². The molecule has 0 aliphatic carbocycles. The molecule has 2 atom stereocenters. The monoisotopic (exact) mass is 414 g/mol. The number of nitrogens with zero attached hydrogens (tertiary/aromatic N) is 4. The number of aromatic nitrogens is 4. The predicted octanol–water partition coefficient (Wildman–Crippen LogP) is 1.28. The molecule has 0 saturated heterocycles. The number of esters is 1. The first kappa shape index (κ1) is 22.2. The van der Waals surface area contributed by atoms with Crippen LogP contribution in [0.4, 0.5) is 5.82 Å². The van der Waals surface area contributed by atoms with Crippen molar-refractivity contribution >= 4 is 30.5 Å². The lowest BCUT2D eigenvalue weighted by Crippen LogP contribution is -2.46. The Kier molecular flexibility index (Phi) is 7.11. The summed E-state index contributed by atoms with van der Waals surface area (Å²) in [6.07, 6.45) is 2.67. The molecule has 0 saturated carbocycles. The van der Waals surface area contributed by atoms with Crippen molar-refractivity contribution in [2.24, 2.45) is 0 Å². The third-order valence-electron chi connectivity index (χ3n) is 3.82. The number of nitrogens with one attached hydrogen (secondary N) is 1. The minimum atomic E-state index is -3.94. The van der Waals surface area contributed by atoms with Crippen molar-refractivity contribution in [1.82, 2.24) is 24.6 Å². The first-order chi connectivity index (χ1) is 13.1. The van der Waals surface area contributed by atoms with Gasteiger partial charge in [-0.1, -0.05) is 6.92 Å². The molecular weight excluding hydrogens is 387 g/mol. The van der Waals surface area contributed by atoms with Crippen LogP contribution in [0.5, 0.6) is 0 Å². The van der Waals surface area contributed by atoms with E-state index >= 15 is 0 Å². The van der Waals surface area contributed by atoms with E-state index in [9.17, 15) is 14.3 Å². The van der Waals surface area contributed by atoms with Crippen LogP contribution in [0.3, 0.4) is 0 Å². The van der Waals surface area contributed by atoms with Gasteiger partial charge in [-0.2, -0.15) is 0 Å². The molecule has 0 bridgehead atoms. The van der Waals surface area contributed by atoms with Crippen molar-refractivity contribution in [2.75, 3.05) is 18.7 Å². The summed E-state index contributed by atoms with van der Waals surface area (Å²) in [7, 11) is -3.94. The SMILES string of the molecule is CCCOC(=O)C(C)(C)NP(=O)(O)COC(C)Cn1cnc2c(N)ncnc21. The van der Waals surface area contributed by atoms with Gasteiger partial charge < -0.3 is 24.7 Å². The number of hydrogen-bond acceptors (Lipinski definition) is 8. The minimum Gasteiger partial charge on any atom is -0.464 e. The average Bonchev–Trinajstić information content (AvgIpc) is 3.01. The fraction of sp³-hybridized carbons (Fsp3) is 0.625. The molecule has 11 nitrogen and oxygen atoms in total. The van der Waals surface area contributed by atoms with Gasteiger partial charge in [0.1, 0.15) is 23.7 Å². The molecule has 0 spiro atoms. The standard InChI is InChI=1S/C16H27N6O5P/c1-5-6-26-15(23)16(3,4)21-28(24,25)10-27-11(2)7-22-9-20-12-13(17)18-8-19-14(12)22/h8-9,11H,5-7,10H2,1-4H3,(H2,17,18,19)(H2,21,24,25). The number of carbonyl (C=O) groups excluding carboxylic acids is 1. The molecule has 4 N–H and O–H groups in total. The Bertz CT molecular complexity index is 870. The summed E-state index contributed by atoms with van der Waals surface area (Å²) in [5.74, 6) is -0.322. The lowest BCUT2D eigenvalue weighted by atomic mass is 10.1. The van der Waals surface area contributed by atoms with Gasteiger partial charge in [-0.15, -0.1) is 0 Å². The Morgan fingerprint density at radius 2 is 2.14 bits per heavy atom. The van der Waals surface area contributed by atoms with Gasteiger partial charge in [0.2, 0.25) is 0 Å². The fourth-order valence-electron chi connectivity index (χ4n) is 2.48. The van der Waals surface area contributed by atoms with E-state index in [-0.39, 0.29) is 12.4 Å². The van der Waals surface area contributed by atoms with E-state index in [1.165, 1.54) is 20.2 Å². The van der Waals surface area contributed by atoms with Gasteiger partial charge in [-0.05, 0) is 27.2 Å². The normalized spacial score (nSPS) is 15.3. The molecule has 0 fully saturated rings. The Balaban J connectivity index is 1.93. The van der Waals surface area contributed by atoms with Gasteiger partial charge >= 0.3 is 5.97 Å². The third-order valence-corrected chi connectivity index (χ3v) is 5.23. The highest BCUT2D eigenvalue weighted by Gasteiger charge is 2.36. The minimum absolute atomic E-state index is 0.250. The maximum Gasteiger partial charge on any atom is 0.326 e. The third kappa shape index (κ3) is 5.71. The van der Waals surface area contributed by atoms with Crippen molar-refractivity contribution in [3.8, 4) is 0 Å². The molecule has 2 unspecified atom stereocenters. The van der Waals surface area contributed by atoms with Crippen LogP contribution in [0, 0.1) is 0 Å². The predicted molar refractivity (Wildman–Crippen MR) is 103 cm³/mol. The Labute approximate surface area is 163 Å². The number of rotatable bonds is 10. The molecule has 0 aliphatic rings. The lowest BCUT2D eigenvalue weighted by molar-refractivity contribution is -0.149. The zero-order chi connectivity index (χ0) is 20.9. The molecule has 156 valence electrons. The summed E-state index contributed by atoms with van der Waals surface area (Å²) < 4.78 is 24.7. The number of carbonyl (C=O) groups is 1. The molecular formula is C16H27N6O5P. The number of hydrogen-bond donors (Lipinski definition) is 3. The highest BCUT2D eigenvalue weighted by molar-refractivity contribution is 7.55. The molecule has 0 amide bonds. The zero-order valence-electron chi connectivity index (χ0n) is 16.5. The smallest absolute Gasteiger partial charge is 0.326 e. The summed E-state index contributed by atoms with van der Waals surface area (Å²) in [5.41, 5.74) is 5.47. The van der Waals surface area contributed by atoms with Crippen molar-refractivity contribution in [2.45, 2.75) is 52.3 Å². The van der Waals surface area contributed by atoms with Gasteiger partial charge in [0.05, 0.1) is 25.6 Å². The first-order valence-corrected chi connectivity index (χ1v) is 10.7. The summed E-state index contributed by atoms with van der Waals surface area (Å²) in [6.45, 7) is 7.17. The van der Waals surface area contributed by atoms with E-state index in [1.807, 2.05) is 6.92 Å². The average molecular weight is 414 g/mol. The molecule has 12 heteroatoms. The number of nitrogens with two attached hydrogens (primary N) is 1. The van der Waals surface area contributed by atoms with Crippen LogP contribution in [0.1, 0.15) is 34.1 Å². The van der Waals surface area contributed by atoms with E-state index in [1.54, 1.807) is 17.8 Å². The number of fused-ring (bicyclic) bond motifs is 1. The fourth-order valence-corrected chi connectivity index (χ4v) is 3.97. The Hall–Kier alpha value is -2.07. The number of anilines is 1. The number of nitrogen functional groups attached to an aromatic ring is 1. The van der Waals surface area contributed by atoms with Crippen LogP contribution in [-0.2, 0) is 25.4 Å². The zero-order valence-corrected chi connectivity index (χ0v) is 17.3. The number of ether oxygens (including phenoxy) is 2. The first-order valence-electron chi connectivity index (χ1n) is 8.87. The summed E-state index contributed by atoms with van der Waals surface area (Å²) in [6, 6.07) is 0. The molecule has 2 aromatic rings. The van der Waals surface area contributed by atoms with Crippen molar-refractivity contribution in [3.05, 3.63) is 12.7 Å². The van der Waals surface area contributed by atoms with Gasteiger partial charge in [-0.3, -0.25) is 9.36 Å². The number of imidazole rings is 1. The van der Waals surface area contributed by atoms with Crippen LogP contribution in [0.15, 0.2) is 12.7 Å². The largest absolute Gasteiger partial charge is 0.464 e. The lowest BCUT2D eigenvalue weighted by Gasteiger charge is -2.27. The summed E-state index contributed by atoms with van der Waals surface area (Å²) in [5, 5.41) is 2.45. The van der Waals surface area contributed by atoms with E-state index in [2.05, 4.69) is 20.0 Å². The van der Waals surface area contributed by atoms with E-state index in [4.69, 9.17) is 15.2 Å². The molecule has 2 aromatic heterocycles. The molecule has 2 heterocycles. The van der Waals surface area contributed by atoms with Gasteiger partial charge in [-0.25, -0.2) is 20.0 Å². The van der Waals surface area contributed by atoms with E-state index in [0.29, 0.717) is 24.1 Å². The van der Waals surface area contributed by atoms with Gasteiger partial charge in [0, 0.05) is 0 Å². The Morgan fingerprint density at radius 3 is 2.82 bits per heavy atom. The maximum atomic E-state index is 12.4. The van der Waals surface area contributed by atoms with Crippen LogP contribution in [0.2, 0.25) is 0 Å².